The van der Waals surface area contributed by atoms with E-state index in [2.05, 4.69) is 9.98 Å². The van der Waals surface area contributed by atoms with Crippen LogP contribution in [0.5, 0.6) is 0 Å². The number of anilines is 2. The molecule has 8 heteroatoms. The summed E-state index contributed by atoms with van der Waals surface area (Å²) in [5.74, 6) is -1.15. The Balaban J connectivity index is 1.87. The number of para-hydroxylation sites is 1. The lowest BCUT2D eigenvalue weighted by atomic mass is 10.3. The quantitative estimate of drug-likeness (QED) is 0.569. The molecule has 2 heterocycles. The molecule has 0 saturated carbocycles. The maximum Gasteiger partial charge on any atom is 0.256 e. The van der Waals surface area contributed by atoms with E-state index < -0.39 is 5.82 Å². The number of benzene rings is 1. The van der Waals surface area contributed by atoms with Crippen LogP contribution in [0.1, 0.15) is 31.3 Å². The lowest BCUT2D eigenvalue weighted by Gasteiger charge is -2.18. The van der Waals surface area contributed by atoms with E-state index in [4.69, 9.17) is 0 Å². The Kier molecular flexibility index (Phi) is 6.68. The highest BCUT2D eigenvalue weighted by Gasteiger charge is 2.20. The molecule has 0 aliphatic rings. The van der Waals surface area contributed by atoms with Gasteiger partial charge in [-0.05, 0) is 44.2 Å². The van der Waals surface area contributed by atoms with Crippen LogP contribution in [0, 0.1) is 5.82 Å². The number of rotatable bonds is 5. The molecule has 154 valence electrons. The van der Waals surface area contributed by atoms with Gasteiger partial charge >= 0.3 is 0 Å². The fraction of sp³-hybridized carbons (Fsp3) is 0.182. The van der Waals surface area contributed by atoms with Crippen LogP contribution in [-0.4, -0.2) is 27.4 Å². The molecule has 2 aromatic heterocycles. The minimum absolute atomic E-state index is 0.0486. The second-order valence-corrected chi connectivity index (χ2v) is 7.52. The van der Waals surface area contributed by atoms with Crippen molar-refractivity contribution in [1.29, 1.82) is 0 Å². The maximum absolute atomic E-state index is 14.2. The van der Waals surface area contributed by atoms with Gasteiger partial charge < -0.3 is 0 Å². The predicted molar refractivity (Wildman–Crippen MR) is 116 cm³/mol. The van der Waals surface area contributed by atoms with Crippen LogP contribution >= 0.6 is 11.3 Å². The molecule has 0 bridgehead atoms. The summed E-state index contributed by atoms with van der Waals surface area (Å²) in [7, 11) is 0. The van der Waals surface area contributed by atoms with Crippen molar-refractivity contribution in [1.82, 2.24) is 9.55 Å². The van der Waals surface area contributed by atoms with E-state index in [0.29, 0.717) is 16.3 Å². The van der Waals surface area contributed by atoms with Crippen LogP contribution in [0.25, 0.3) is 6.08 Å². The second-order valence-electron chi connectivity index (χ2n) is 6.68. The Hall–Kier alpha value is -3.39. The Morgan fingerprint density at radius 3 is 2.63 bits per heavy atom. The molecule has 0 saturated heterocycles. The molecular weight excluding hydrogens is 403 g/mol. The minimum atomic E-state index is -0.517. The largest absolute Gasteiger partial charge is 0.274 e. The number of allylic oxidation sites excluding steroid dienone is 1. The van der Waals surface area contributed by atoms with E-state index in [9.17, 15) is 14.0 Å². The Morgan fingerprint density at radius 2 is 1.93 bits per heavy atom. The highest BCUT2D eigenvalue weighted by Crippen LogP contribution is 2.30. The second kappa shape index (κ2) is 9.41. The summed E-state index contributed by atoms with van der Waals surface area (Å²) < 4.78 is 15.6. The summed E-state index contributed by atoms with van der Waals surface area (Å²) in [6.07, 6.45) is 4.59. The molecule has 3 rings (SSSR count). The van der Waals surface area contributed by atoms with Crippen molar-refractivity contribution in [3.8, 4) is 0 Å². The minimum Gasteiger partial charge on any atom is -0.274 e. The molecule has 0 aliphatic heterocycles. The molecule has 0 spiro atoms. The first kappa shape index (κ1) is 21.3. The SMILES string of the molecule is CC(=O)N(c1nc(/C=C/C(=O)n2ccccc2=NC(C)C)cs1)c1ccccc1F. The molecule has 0 fully saturated rings. The number of carbonyl (C=O) groups excluding carboxylic acids is 2. The van der Waals surface area contributed by atoms with Gasteiger partial charge in [0.2, 0.25) is 5.91 Å². The Labute approximate surface area is 177 Å². The van der Waals surface area contributed by atoms with Gasteiger partial charge in [-0.3, -0.25) is 24.0 Å². The van der Waals surface area contributed by atoms with Gasteiger partial charge in [0.15, 0.2) is 5.13 Å². The molecule has 0 unspecified atom stereocenters. The summed E-state index contributed by atoms with van der Waals surface area (Å²) >= 11 is 1.19. The van der Waals surface area contributed by atoms with Crippen LogP contribution in [0.4, 0.5) is 15.2 Å². The third-order valence-electron chi connectivity index (χ3n) is 3.97. The first-order valence-electron chi connectivity index (χ1n) is 9.31. The summed E-state index contributed by atoms with van der Waals surface area (Å²) in [5, 5.41) is 2.02. The molecule has 6 nitrogen and oxygen atoms in total. The number of nitrogens with zero attached hydrogens (tertiary/aromatic N) is 4. The van der Waals surface area contributed by atoms with Gasteiger partial charge in [0.1, 0.15) is 11.3 Å². The van der Waals surface area contributed by atoms with E-state index in [-0.39, 0.29) is 23.5 Å². The van der Waals surface area contributed by atoms with Crippen LogP contribution in [0.3, 0.4) is 0 Å². The number of thiazole rings is 1. The maximum atomic E-state index is 14.2. The van der Waals surface area contributed by atoms with Crippen LogP contribution in [0.15, 0.2) is 65.1 Å². The van der Waals surface area contributed by atoms with Crippen molar-refractivity contribution in [3.63, 3.8) is 0 Å². The third-order valence-corrected chi connectivity index (χ3v) is 4.82. The molecule has 1 aromatic carbocycles. The van der Waals surface area contributed by atoms with Gasteiger partial charge in [0.25, 0.3) is 5.91 Å². The Morgan fingerprint density at radius 1 is 1.20 bits per heavy atom. The van der Waals surface area contributed by atoms with E-state index >= 15 is 0 Å². The fourth-order valence-corrected chi connectivity index (χ4v) is 3.57. The fourth-order valence-electron chi connectivity index (χ4n) is 2.72. The van der Waals surface area contributed by atoms with Gasteiger partial charge in [0.05, 0.1) is 11.4 Å². The lowest BCUT2D eigenvalue weighted by molar-refractivity contribution is -0.115. The van der Waals surface area contributed by atoms with Gasteiger partial charge in [-0.1, -0.05) is 18.2 Å². The zero-order valence-electron chi connectivity index (χ0n) is 16.8. The summed E-state index contributed by atoms with van der Waals surface area (Å²) in [6.45, 7) is 5.22. The smallest absolute Gasteiger partial charge is 0.256 e. The van der Waals surface area contributed by atoms with E-state index in [0.717, 1.165) is 0 Å². The van der Waals surface area contributed by atoms with Gasteiger partial charge in [0, 0.05) is 30.6 Å². The van der Waals surface area contributed by atoms with Crippen molar-refractivity contribution >= 4 is 40.0 Å². The molecule has 30 heavy (non-hydrogen) atoms. The van der Waals surface area contributed by atoms with Crippen LogP contribution < -0.4 is 10.4 Å². The van der Waals surface area contributed by atoms with E-state index in [1.807, 2.05) is 19.9 Å². The van der Waals surface area contributed by atoms with Crippen molar-refractivity contribution in [2.24, 2.45) is 4.99 Å². The first-order chi connectivity index (χ1) is 14.4. The number of pyridine rings is 1. The third kappa shape index (κ3) is 4.96. The average molecular weight is 425 g/mol. The van der Waals surface area contributed by atoms with Crippen molar-refractivity contribution in [2.45, 2.75) is 26.8 Å². The lowest BCUT2D eigenvalue weighted by Crippen LogP contribution is -2.26. The average Bonchev–Trinajstić information content (AvgIpc) is 3.16. The highest BCUT2D eigenvalue weighted by molar-refractivity contribution is 7.14. The van der Waals surface area contributed by atoms with Gasteiger partial charge in [-0.2, -0.15) is 0 Å². The molecule has 0 aliphatic carbocycles. The molecule has 3 aromatic rings. The Bertz CT molecular complexity index is 1160. The zero-order chi connectivity index (χ0) is 21.7. The van der Waals surface area contributed by atoms with E-state index in [1.165, 1.54) is 45.9 Å². The van der Waals surface area contributed by atoms with Gasteiger partial charge in [-0.25, -0.2) is 9.37 Å². The van der Waals surface area contributed by atoms with Crippen molar-refractivity contribution in [3.05, 3.63) is 77.1 Å². The number of hydrogen-bond donors (Lipinski definition) is 0. The van der Waals surface area contributed by atoms with Gasteiger partial charge in [-0.15, -0.1) is 11.3 Å². The zero-order valence-corrected chi connectivity index (χ0v) is 17.6. The predicted octanol–water partition coefficient (Wildman–Crippen LogP) is 4.43. The molecule has 0 atom stereocenters. The standard InChI is InChI=1S/C22H21FN4O2S/c1-15(2)24-20-10-6-7-13-26(20)21(29)12-11-17-14-30-22(25-17)27(16(3)28)19-9-5-4-8-18(19)23/h4-15H,1-3H3/b12-11+,24-20?. The molecule has 0 N–H and O–H groups in total. The topological polar surface area (TPSA) is 67.6 Å². The molecule has 1 amide bonds. The molecular formula is C22H21FN4O2S. The number of hydrogen-bond acceptors (Lipinski definition) is 5. The van der Waals surface area contributed by atoms with Crippen LogP contribution in [0.2, 0.25) is 0 Å². The summed E-state index contributed by atoms with van der Waals surface area (Å²) in [4.78, 5) is 34.8. The number of aromatic nitrogens is 2. The summed E-state index contributed by atoms with van der Waals surface area (Å²) in [6, 6.07) is 11.4. The van der Waals surface area contributed by atoms with Crippen molar-refractivity contribution < 1.29 is 14.0 Å². The normalized spacial score (nSPS) is 12.0. The number of halogens is 1. The first-order valence-corrected chi connectivity index (χ1v) is 10.2. The highest BCUT2D eigenvalue weighted by atomic mass is 32.1. The number of carbonyl (C=O) groups is 2. The summed E-state index contributed by atoms with van der Waals surface area (Å²) in [5.41, 5.74) is 1.18. The monoisotopic (exact) mass is 424 g/mol. The van der Waals surface area contributed by atoms with E-state index in [1.54, 1.807) is 41.9 Å². The van der Waals surface area contributed by atoms with Crippen LogP contribution in [-0.2, 0) is 4.79 Å². The number of amides is 1. The van der Waals surface area contributed by atoms with Crippen molar-refractivity contribution in [2.75, 3.05) is 4.90 Å². The molecule has 0 radical (unpaired) electrons.